The minimum Gasteiger partial charge on any atom is -0.496 e. The molecule has 0 N–H and O–H groups in total. The fraction of sp³-hybridized carbons (Fsp3) is 0.0370. The summed E-state index contributed by atoms with van der Waals surface area (Å²) in [6.45, 7) is 13.3. The number of hydrogen-bond acceptors (Lipinski definition) is 9. The van der Waals surface area contributed by atoms with Crippen molar-refractivity contribution in [3.05, 3.63) is 104 Å². The Morgan fingerprint density at radius 2 is 1.19 bits per heavy atom. The standard InChI is InChI=1S/C27H22O9/c1-5-24(28)33-20-11-10-19(22(16-20)35-26(30)7-3)17-32-14-13-18-9-12-21(34-25(29)6-2)23(15-18)36-27(31)8-4/h5-16H,1-4,17H2/b14-13+. The quantitative estimate of drug-likeness (QED) is 0.186. The average molecular weight is 490 g/mol. The van der Waals surface area contributed by atoms with Crippen LogP contribution >= 0.6 is 0 Å². The maximum absolute atomic E-state index is 11.7. The molecule has 0 amide bonds. The van der Waals surface area contributed by atoms with Crippen molar-refractivity contribution in [1.29, 1.82) is 0 Å². The summed E-state index contributed by atoms with van der Waals surface area (Å²) in [5.41, 5.74) is 1.02. The van der Waals surface area contributed by atoms with Gasteiger partial charge < -0.3 is 23.7 Å². The van der Waals surface area contributed by atoms with Gasteiger partial charge in [0.15, 0.2) is 11.5 Å². The topological polar surface area (TPSA) is 114 Å². The molecule has 2 aromatic carbocycles. The van der Waals surface area contributed by atoms with Crippen LogP contribution in [0.2, 0.25) is 0 Å². The first-order valence-electron chi connectivity index (χ1n) is 10.2. The van der Waals surface area contributed by atoms with Crippen LogP contribution in [0.15, 0.2) is 93.3 Å². The minimum atomic E-state index is -0.743. The van der Waals surface area contributed by atoms with Crippen LogP contribution in [0, 0.1) is 0 Å². The van der Waals surface area contributed by atoms with Gasteiger partial charge in [0.25, 0.3) is 0 Å². The lowest BCUT2D eigenvalue weighted by Gasteiger charge is -2.11. The zero-order valence-corrected chi connectivity index (χ0v) is 19.1. The first-order valence-corrected chi connectivity index (χ1v) is 10.2. The van der Waals surface area contributed by atoms with Gasteiger partial charge >= 0.3 is 23.9 Å². The van der Waals surface area contributed by atoms with E-state index in [4.69, 9.17) is 23.7 Å². The molecule has 184 valence electrons. The van der Waals surface area contributed by atoms with Crippen LogP contribution in [0.5, 0.6) is 23.0 Å². The highest BCUT2D eigenvalue weighted by atomic mass is 16.6. The van der Waals surface area contributed by atoms with E-state index in [0.717, 1.165) is 24.3 Å². The third-order valence-corrected chi connectivity index (χ3v) is 4.12. The third-order valence-electron chi connectivity index (χ3n) is 4.12. The van der Waals surface area contributed by atoms with E-state index in [1.165, 1.54) is 30.5 Å². The molecule has 0 radical (unpaired) electrons. The molecule has 0 aliphatic rings. The zero-order chi connectivity index (χ0) is 26.5. The van der Waals surface area contributed by atoms with Crippen molar-refractivity contribution in [2.75, 3.05) is 0 Å². The van der Waals surface area contributed by atoms with Crippen molar-refractivity contribution in [2.45, 2.75) is 6.61 Å². The Hall–Kier alpha value is -5.18. The monoisotopic (exact) mass is 490 g/mol. The van der Waals surface area contributed by atoms with Gasteiger partial charge in [0.05, 0.1) is 6.26 Å². The van der Waals surface area contributed by atoms with Crippen molar-refractivity contribution >= 4 is 30.0 Å². The molecule has 2 rings (SSSR count). The largest absolute Gasteiger partial charge is 0.496 e. The van der Waals surface area contributed by atoms with Gasteiger partial charge in [-0.3, -0.25) is 0 Å². The molecule has 0 spiro atoms. The fourth-order valence-electron chi connectivity index (χ4n) is 2.48. The van der Waals surface area contributed by atoms with Gasteiger partial charge in [-0.05, 0) is 35.9 Å². The number of hydrogen-bond donors (Lipinski definition) is 0. The SMILES string of the molecule is C=CC(=O)Oc1ccc(CO/C=C/c2ccc(OC(=O)C=C)c(OC(=O)C=C)c2)c(OC(=O)C=C)c1. The maximum atomic E-state index is 11.7. The molecule has 9 heteroatoms. The molecule has 2 aromatic rings. The van der Waals surface area contributed by atoms with E-state index in [1.807, 2.05) is 0 Å². The second kappa shape index (κ2) is 13.5. The Kier molecular flexibility index (Phi) is 10.2. The van der Waals surface area contributed by atoms with Crippen LogP contribution in [-0.4, -0.2) is 23.9 Å². The summed E-state index contributed by atoms with van der Waals surface area (Å²) >= 11 is 0. The second-order valence-electron chi connectivity index (χ2n) is 6.59. The molecule has 0 unspecified atom stereocenters. The van der Waals surface area contributed by atoms with Gasteiger partial charge in [-0.15, -0.1) is 0 Å². The van der Waals surface area contributed by atoms with E-state index in [-0.39, 0.29) is 29.6 Å². The van der Waals surface area contributed by atoms with E-state index in [0.29, 0.717) is 11.1 Å². The highest BCUT2D eigenvalue weighted by Crippen LogP contribution is 2.30. The lowest BCUT2D eigenvalue weighted by molar-refractivity contribution is -0.131. The predicted molar refractivity (Wildman–Crippen MR) is 130 cm³/mol. The Balaban J connectivity index is 2.18. The number of esters is 4. The lowest BCUT2D eigenvalue weighted by Crippen LogP contribution is -2.08. The Labute approximate surface area is 207 Å². The number of carbonyl (C=O) groups excluding carboxylic acids is 4. The van der Waals surface area contributed by atoms with E-state index in [1.54, 1.807) is 18.2 Å². The zero-order valence-electron chi connectivity index (χ0n) is 19.1. The fourth-order valence-corrected chi connectivity index (χ4v) is 2.48. The molecule has 0 heterocycles. The van der Waals surface area contributed by atoms with Crippen molar-refractivity contribution in [3.8, 4) is 23.0 Å². The van der Waals surface area contributed by atoms with Crippen molar-refractivity contribution in [3.63, 3.8) is 0 Å². The Morgan fingerprint density at radius 1 is 0.639 bits per heavy atom. The van der Waals surface area contributed by atoms with Gasteiger partial charge in [0, 0.05) is 35.9 Å². The third kappa shape index (κ3) is 8.31. The Morgan fingerprint density at radius 3 is 1.81 bits per heavy atom. The number of carbonyl (C=O) groups is 4. The first-order chi connectivity index (χ1) is 17.3. The molecule has 0 atom stereocenters. The molecule has 9 nitrogen and oxygen atoms in total. The van der Waals surface area contributed by atoms with Crippen LogP contribution in [-0.2, 0) is 30.5 Å². The van der Waals surface area contributed by atoms with Crippen molar-refractivity contribution in [1.82, 2.24) is 0 Å². The normalized spacial score (nSPS) is 10.0. The number of ether oxygens (including phenoxy) is 5. The summed E-state index contributed by atoms with van der Waals surface area (Å²) in [4.78, 5) is 46.3. The average Bonchev–Trinajstić information content (AvgIpc) is 2.88. The molecule has 0 bridgehead atoms. The molecular formula is C27H22O9. The van der Waals surface area contributed by atoms with Crippen LogP contribution < -0.4 is 18.9 Å². The molecule has 36 heavy (non-hydrogen) atoms. The van der Waals surface area contributed by atoms with E-state index >= 15 is 0 Å². The van der Waals surface area contributed by atoms with Gasteiger partial charge in [-0.1, -0.05) is 32.4 Å². The molecule has 0 aromatic heterocycles. The van der Waals surface area contributed by atoms with Crippen LogP contribution in [0.4, 0.5) is 0 Å². The second-order valence-corrected chi connectivity index (χ2v) is 6.59. The molecule has 0 fully saturated rings. The van der Waals surface area contributed by atoms with Crippen molar-refractivity contribution in [2.24, 2.45) is 0 Å². The van der Waals surface area contributed by atoms with Gasteiger partial charge in [-0.2, -0.15) is 0 Å². The van der Waals surface area contributed by atoms with Gasteiger partial charge in [0.1, 0.15) is 18.1 Å². The van der Waals surface area contributed by atoms with Crippen LogP contribution in [0.3, 0.4) is 0 Å². The molecule has 0 aliphatic carbocycles. The Bertz CT molecular complexity index is 1240. The number of benzene rings is 2. The first kappa shape index (κ1) is 27.1. The van der Waals surface area contributed by atoms with E-state index in [2.05, 4.69) is 26.3 Å². The summed E-state index contributed by atoms with van der Waals surface area (Å²) in [6, 6.07) is 8.89. The minimum absolute atomic E-state index is 0.0130. The number of rotatable bonds is 12. The summed E-state index contributed by atoms with van der Waals surface area (Å²) in [5.74, 6) is -2.61. The summed E-state index contributed by atoms with van der Waals surface area (Å²) in [7, 11) is 0. The van der Waals surface area contributed by atoms with Gasteiger partial charge in [0.2, 0.25) is 0 Å². The predicted octanol–water partition coefficient (Wildman–Crippen LogP) is 4.24. The van der Waals surface area contributed by atoms with E-state index < -0.39 is 23.9 Å². The molecule has 0 saturated carbocycles. The van der Waals surface area contributed by atoms with Crippen molar-refractivity contribution < 1.29 is 42.9 Å². The van der Waals surface area contributed by atoms with Crippen LogP contribution in [0.1, 0.15) is 11.1 Å². The molecular weight excluding hydrogens is 468 g/mol. The lowest BCUT2D eigenvalue weighted by atomic mass is 10.2. The summed E-state index contributed by atoms with van der Waals surface area (Å²) in [5, 5.41) is 0. The van der Waals surface area contributed by atoms with E-state index in [9.17, 15) is 19.2 Å². The molecule has 0 saturated heterocycles. The summed E-state index contributed by atoms with van der Waals surface area (Å²) in [6.07, 6.45) is 6.83. The highest BCUT2D eigenvalue weighted by Gasteiger charge is 2.13. The summed E-state index contributed by atoms with van der Waals surface area (Å²) < 4.78 is 26.0. The van der Waals surface area contributed by atoms with Crippen LogP contribution in [0.25, 0.3) is 6.08 Å². The molecule has 0 aliphatic heterocycles. The van der Waals surface area contributed by atoms with Gasteiger partial charge in [-0.25, -0.2) is 19.2 Å². The smallest absolute Gasteiger partial charge is 0.335 e. The highest BCUT2D eigenvalue weighted by molar-refractivity contribution is 5.86. The maximum Gasteiger partial charge on any atom is 0.335 e.